The molecule has 6 heteroatoms. The second kappa shape index (κ2) is 7.48. The number of methoxy groups -OCH3 is 1. The summed E-state index contributed by atoms with van der Waals surface area (Å²) in [6.07, 6.45) is 0.713. The minimum atomic E-state index is -0.0793. The van der Waals surface area contributed by atoms with Gasteiger partial charge in [-0.1, -0.05) is 18.2 Å². The third-order valence-electron chi connectivity index (χ3n) is 5.19. The topological polar surface area (TPSA) is 74.4 Å². The Hall–Kier alpha value is -3.12. The molecule has 28 heavy (non-hydrogen) atoms. The van der Waals surface area contributed by atoms with Gasteiger partial charge in [0, 0.05) is 41.8 Å². The molecule has 6 nitrogen and oxygen atoms in total. The van der Waals surface area contributed by atoms with Crippen molar-refractivity contribution in [3.05, 3.63) is 69.5 Å². The minimum absolute atomic E-state index is 0.0129. The zero-order chi connectivity index (χ0) is 19.7. The van der Waals surface area contributed by atoms with Crippen molar-refractivity contribution in [1.82, 2.24) is 9.88 Å². The molecule has 0 fully saturated rings. The number of carbonyl (C=O) groups is 1. The SMILES string of the molecule is COc1cc(C)c2[nH]c3c(c(=O)c2c1)CN(CC(=O)Nc1ccccc1)CC3. The van der Waals surface area contributed by atoms with Crippen LogP contribution in [0.2, 0.25) is 0 Å². The van der Waals surface area contributed by atoms with Crippen LogP contribution >= 0.6 is 0 Å². The van der Waals surface area contributed by atoms with Crippen molar-refractivity contribution in [2.45, 2.75) is 19.9 Å². The first-order chi connectivity index (χ1) is 13.5. The molecule has 0 aliphatic carbocycles. The number of rotatable bonds is 4. The van der Waals surface area contributed by atoms with Crippen molar-refractivity contribution in [3.63, 3.8) is 0 Å². The molecule has 0 atom stereocenters. The maximum Gasteiger partial charge on any atom is 0.238 e. The van der Waals surface area contributed by atoms with Gasteiger partial charge in [0.25, 0.3) is 0 Å². The first-order valence-electron chi connectivity index (χ1n) is 9.35. The third-order valence-corrected chi connectivity index (χ3v) is 5.19. The van der Waals surface area contributed by atoms with Crippen LogP contribution in [0.5, 0.6) is 5.75 Å². The Morgan fingerprint density at radius 1 is 1.25 bits per heavy atom. The van der Waals surface area contributed by atoms with Crippen LogP contribution in [0.25, 0.3) is 10.9 Å². The molecule has 2 heterocycles. The second-order valence-corrected chi connectivity index (χ2v) is 7.15. The Morgan fingerprint density at radius 2 is 2.04 bits per heavy atom. The van der Waals surface area contributed by atoms with E-state index in [0.29, 0.717) is 24.1 Å². The van der Waals surface area contributed by atoms with E-state index in [1.54, 1.807) is 13.2 Å². The summed E-state index contributed by atoms with van der Waals surface area (Å²) in [7, 11) is 1.60. The van der Waals surface area contributed by atoms with E-state index in [0.717, 1.165) is 34.6 Å². The van der Waals surface area contributed by atoms with E-state index in [-0.39, 0.29) is 17.9 Å². The van der Waals surface area contributed by atoms with E-state index in [4.69, 9.17) is 4.74 Å². The Bertz CT molecular complexity index is 1090. The van der Waals surface area contributed by atoms with E-state index < -0.39 is 0 Å². The van der Waals surface area contributed by atoms with E-state index >= 15 is 0 Å². The normalized spacial score (nSPS) is 13.9. The fourth-order valence-corrected chi connectivity index (χ4v) is 3.76. The molecule has 2 N–H and O–H groups in total. The highest BCUT2D eigenvalue weighted by atomic mass is 16.5. The lowest BCUT2D eigenvalue weighted by Gasteiger charge is -2.28. The molecular weight excluding hydrogens is 354 g/mol. The predicted molar refractivity (Wildman–Crippen MR) is 110 cm³/mol. The Morgan fingerprint density at radius 3 is 2.79 bits per heavy atom. The van der Waals surface area contributed by atoms with Crippen molar-refractivity contribution in [3.8, 4) is 5.75 Å². The number of nitrogens with zero attached hydrogens (tertiary/aromatic N) is 1. The molecule has 1 aliphatic heterocycles. The molecule has 0 bridgehead atoms. The minimum Gasteiger partial charge on any atom is -0.497 e. The van der Waals surface area contributed by atoms with E-state index in [1.807, 2.05) is 48.2 Å². The number of carbonyl (C=O) groups excluding carboxylic acids is 1. The summed E-state index contributed by atoms with van der Waals surface area (Å²) in [5.74, 6) is 0.592. The molecule has 0 saturated carbocycles. The number of nitrogens with one attached hydrogen (secondary N) is 2. The standard InChI is InChI=1S/C22H23N3O3/c1-14-10-16(28-2)11-17-21(14)24-19-8-9-25(12-18(19)22(17)27)13-20(26)23-15-6-4-3-5-7-15/h3-7,10-11H,8-9,12-13H2,1-2H3,(H,23,26)(H,24,27). The molecule has 4 rings (SSSR count). The van der Waals surface area contributed by atoms with E-state index in [1.165, 1.54) is 0 Å². The smallest absolute Gasteiger partial charge is 0.238 e. The average Bonchev–Trinajstić information content (AvgIpc) is 2.70. The van der Waals surface area contributed by atoms with Crippen molar-refractivity contribution in [2.75, 3.05) is 25.5 Å². The van der Waals surface area contributed by atoms with Gasteiger partial charge < -0.3 is 15.0 Å². The van der Waals surface area contributed by atoms with Gasteiger partial charge in [-0.15, -0.1) is 0 Å². The molecule has 0 saturated heterocycles. The molecule has 1 aromatic heterocycles. The summed E-state index contributed by atoms with van der Waals surface area (Å²) < 4.78 is 5.32. The average molecular weight is 377 g/mol. The molecule has 1 amide bonds. The van der Waals surface area contributed by atoms with Crippen LogP contribution in [0, 0.1) is 6.92 Å². The van der Waals surface area contributed by atoms with Crippen LogP contribution in [-0.4, -0.2) is 36.0 Å². The van der Waals surface area contributed by atoms with Crippen LogP contribution in [0.3, 0.4) is 0 Å². The number of H-pyrrole nitrogens is 1. The monoisotopic (exact) mass is 377 g/mol. The fourth-order valence-electron chi connectivity index (χ4n) is 3.76. The summed E-state index contributed by atoms with van der Waals surface area (Å²) in [6.45, 7) is 3.41. The number of para-hydroxylation sites is 1. The molecule has 0 spiro atoms. The number of ether oxygens (including phenoxy) is 1. The zero-order valence-corrected chi connectivity index (χ0v) is 16.0. The van der Waals surface area contributed by atoms with Gasteiger partial charge in [0.05, 0.1) is 19.2 Å². The van der Waals surface area contributed by atoms with Gasteiger partial charge in [0.15, 0.2) is 5.43 Å². The van der Waals surface area contributed by atoms with Gasteiger partial charge in [-0.05, 0) is 36.8 Å². The van der Waals surface area contributed by atoms with Gasteiger partial charge in [0.2, 0.25) is 5.91 Å². The second-order valence-electron chi connectivity index (χ2n) is 7.15. The first kappa shape index (κ1) is 18.3. The largest absolute Gasteiger partial charge is 0.497 e. The quantitative estimate of drug-likeness (QED) is 0.733. The maximum atomic E-state index is 13.1. The van der Waals surface area contributed by atoms with E-state index in [9.17, 15) is 9.59 Å². The van der Waals surface area contributed by atoms with E-state index in [2.05, 4.69) is 10.3 Å². The van der Waals surface area contributed by atoms with Gasteiger partial charge in [-0.2, -0.15) is 0 Å². The lowest BCUT2D eigenvalue weighted by molar-refractivity contribution is -0.117. The van der Waals surface area contributed by atoms with Crippen LogP contribution in [0.15, 0.2) is 47.3 Å². The van der Waals surface area contributed by atoms with Crippen molar-refractivity contribution in [1.29, 1.82) is 0 Å². The summed E-state index contributed by atoms with van der Waals surface area (Å²) in [5, 5.41) is 3.53. The van der Waals surface area contributed by atoms with Gasteiger partial charge in [-0.3, -0.25) is 14.5 Å². The van der Waals surface area contributed by atoms with Crippen molar-refractivity contribution in [2.24, 2.45) is 0 Å². The summed E-state index contributed by atoms with van der Waals surface area (Å²) in [5.41, 5.74) is 4.33. The number of fused-ring (bicyclic) bond motifs is 2. The molecule has 2 aromatic carbocycles. The predicted octanol–water partition coefficient (Wildman–Crippen LogP) is 2.84. The number of aryl methyl sites for hydroxylation is 1. The molecular formula is C22H23N3O3. The highest BCUT2D eigenvalue weighted by Crippen LogP contribution is 2.24. The highest BCUT2D eigenvalue weighted by molar-refractivity contribution is 5.92. The number of benzene rings is 2. The summed E-state index contributed by atoms with van der Waals surface area (Å²) >= 11 is 0. The number of amides is 1. The summed E-state index contributed by atoms with van der Waals surface area (Å²) in [6, 6.07) is 13.1. The van der Waals surface area contributed by atoms with Crippen molar-refractivity contribution >= 4 is 22.5 Å². The number of hydrogen-bond acceptors (Lipinski definition) is 4. The van der Waals surface area contributed by atoms with Crippen molar-refractivity contribution < 1.29 is 9.53 Å². The van der Waals surface area contributed by atoms with Crippen LogP contribution in [0.1, 0.15) is 16.8 Å². The molecule has 1 aliphatic rings. The lowest BCUT2D eigenvalue weighted by atomic mass is 10.0. The Balaban J connectivity index is 1.57. The van der Waals surface area contributed by atoms with Gasteiger partial charge >= 0.3 is 0 Å². The number of aromatic nitrogens is 1. The maximum absolute atomic E-state index is 13.1. The highest BCUT2D eigenvalue weighted by Gasteiger charge is 2.23. The summed E-state index contributed by atoms with van der Waals surface area (Å²) in [4.78, 5) is 30.9. The third kappa shape index (κ3) is 3.51. The number of pyridine rings is 1. The molecule has 0 unspecified atom stereocenters. The lowest BCUT2D eigenvalue weighted by Crippen LogP contribution is -2.39. The van der Waals surface area contributed by atoms with Gasteiger partial charge in [0.1, 0.15) is 5.75 Å². The Kier molecular flexibility index (Phi) is 4.88. The first-order valence-corrected chi connectivity index (χ1v) is 9.35. The number of hydrogen-bond donors (Lipinski definition) is 2. The Labute approximate surface area is 163 Å². The number of aromatic amines is 1. The fraction of sp³-hybridized carbons (Fsp3) is 0.273. The van der Waals surface area contributed by atoms with Crippen LogP contribution in [0.4, 0.5) is 5.69 Å². The van der Waals surface area contributed by atoms with Crippen LogP contribution in [-0.2, 0) is 17.8 Å². The molecule has 144 valence electrons. The zero-order valence-electron chi connectivity index (χ0n) is 16.0. The van der Waals surface area contributed by atoms with Crippen LogP contribution < -0.4 is 15.5 Å². The molecule has 0 radical (unpaired) electrons. The molecule has 3 aromatic rings. The van der Waals surface area contributed by atoms with Gasteiger partial charge in [-0.25, -0.2) is 0 Å². The number of anilines is 1.